The highest BCUT2D eigenvalue weighted by molar-refractivity contribution is 5.14. The molecule has 0 aliphatic carbocycles. The largest absolute Gasteiger partial charge is 0.393 e. The molecule has 0 amide bonds. The van der Waals surface area contributed by atoms with Crippen LogP contribution in [-0.4, -0.2) is 11.2 Å². The molecule has 0 aliphatic rings. The molecule has 0 fully saturated rings. The van der Waals surface area contributed by atoms with Crippen LogP contribution in [0.2, 0.25) is 0 Å². The van der Waals surface area contributed by atoms with Crippen molar-refractivity contribution in [3.05, 3.63) is 35.9 Å². The second kappa shape index (κ2) is 5.03. The maximum absolute atomic E-state index is 9.30. The minimum atomic E-state index is -0.191. The lowest BCUT2D eigenvalue weighted by atomic mass is 9.97. The van der Waals surface area contributed by atoms with Crippen LogP contribution in [0.4, 0.5) is 0 Å². The van der Waals surface area contributed by atoms with Gasteiger partial charge in [-0.2, -0.15) is 0 Å². The van der Waals surface area contributed by atoms with Crippen molar-refractivity contribution in [2.75, 3.05) is 0 Å². The summed E-state index contributed by atoms with van der Waals surface area (Å²) >= 11 is 0. The van der Waals surface area contributed by atoms with Crippen LogP contribution in [0.5, 0.6) is 0 Å². The fourth-order valence-corrected chi connectivity index (χ4v) is 1.28. The molecule has 0 heterocycles. The molecular weight excluding hydrogens is 160 g/mol. The molecule has 1 aromatic rings. The molecule has 0 saturated heterocycles. The minimum Gasteiger partial charge on any atom is -0.393 e. The molecule has 1 heteroatoms. The predicted octanol–water partition coefficient (Wildman–Crippen LogP) is 2.64. The smallest absolute Gasteiger partial charge is 0.0537 e. The Morgan fingerprint density at radius 3 is 2.31 bits per heavy atom. The molecule has 0 spiro atoms. The van der Waals surface area contributed by atoms with Crippen molar-refractivity contribution in [3.63, 3.8) is 0 Å². The van der Waals surface area contributed by atoms with E-state index in [1.807, 2.05) is 13.0 Å². The molecule has 1 aromatic carbocycles. The van der Waals surface area contributed by atoms with E-state index in [9.17, 15) is 5.11 Å². The topological polar surface area (TPSA) is 20.2 Å². The van der Waals surface area contributed by atoms with Crippen LogP contribution in [0.1, 0.15) is 25.8 Å². The summed E-state index contributed by atoms with van der Waals surface area (Å²) in [5.74, 6) is 0.389. The fraction of sp³-hybridized carbons (Fsp3) is 0.500. The van der Waals surface area contributed by atoms with E-state index in [4.69, 9.17) is 0 Å². The average molecular weight is 178 g/mol. The van der Waals surface area contributed by atoms with Crippen molar-refractivity contribution in [3.8, 4) is 0 Å². The lowest BCUT2D eigenvalue weighted by Crippen LogP contribution is -2.13. The average Bonchev–Trinajstić information content (AvgIpc) is 2.15. The summed E-state index contributed by atoms with van der Waals surface area (Å²) in [5.41, 5.74) is 1.36. The van der Waals surface area contributed by atoms with Crippen molar-refractivity contribution in [1.82, 2.24) is 0 Å². The third-order valence-electron chi connectivity index (χ3n) is 2.55. The monoisotopic (exact) mass is 178 g/mol. The van der Waals surface area contributed by atoms with Crippen LogP contribution >= 0.6 is 0 Å². The number of rotatable bonds is 4. The van der Waals surface area contributed by atoms with Gasteiger partial charge in [-0.25, -0.2) is 0 Å². The molecule has 13 heavy (non-hydrogen) atoms. The number of aryl methyl sites for hydroxylation is 1. The number of benzene rings is 1. The summed E-state index contributed by atoms with van der Waals surface area (Å²) in [6, 6.07) is 10.4. The first-order valence-electron chi connectivity index (χ1n) is 4.92. The molecule has 2 atom stereocenters. The van der Waals surface area contributed by atoms with Gasteiger partial charge >= 0.3 is 0 Å². The molecule has 0 aliphatic heterocycles. The lowest BCUT2D eigenvalue weighted by molar-refractivity contribution is 0.130. The van der Waals surface area contributed by atoms with Crippen molar-refractivity contribution < 1.29 is 5.11 Å². The first-order chi connectivity index (χ1) is 6.20. The summed E-state index contributed by atoms with van der Waals surface area (Å²) < 4.78 is 0. The summed E-state index contributed by atoms with van der Waals surface area (Å²) in [6.07, 6.45) is 1.93. The molecule has 0 unspecified atom stereocenters. The van der Waals surface area contributed by atoms with Gasteiger partial charge in [-0.05, 0) is 31.2 Å². The van der Waals surface area contributed by atoms with Crippen molar-refractivity contribution in [2.24, 2.45) is 5.92 Å². The highest BCUT2D eigenvalue weighted by Crippen LogP contribution is 2.12. The zero-order valence-corrected chi connectivity index (χ0v) is 8.40. The van der Waals surface area contributed by atoms with Gasteiger partial charge in [0.1, 0.15) is 0 Å². The van der Waals surface area contributed by atoms with Gasteiger partial charge in [-0.15, -0.1) is 0 Å². The van der Waals surface area contributed by atoms with E-state index in [0.717, 1.165) is 12.8 Å². The second-order valence-corrected chi connectivity index (χ2v) is 3.74. The Morgan fingerprint density at radius 1 is 1.15 bits per heavy atom. The molecule has 1 nitrogen and oxygen atoms in total. The zero-order valence-electron chi connectivity index (χ0n) is 8.40. The SMILES string of the molecule is C[C@H](CCc1ccccc1)[C@@H](C)O. The number of aliphatic hydroxyl groups is 1. The zero-order chi connectivity index (χ0) is 9.68. The van der Waals surface area contributed by atoms with Gasteiger partial charge in [0.2, 0.25) is 0 Å². The number of hydrogen-bond donors (Lipinski definition) is 1. The Labute approximate surface area is 80.4 Å². The van der Waals surface area contributed by atoms with Crippen molar-refractivity contribution >= 4 is 0 Å². The summed E-state index contributed by atoms with van der Waals surface area (Å²) in [7, 11) is 0. The van der Waals surface area contributed by atoms with E-state index < -0.39 is 0 Å². The van der Waals surface area contributed by atoms with E-state index in [1.165, 1.54) is 5.56 Å². The van der Waals surface area contributed by atoms with Crippen LogP contribution in [0.15, 0.2) is 30.3 Å². The maximum atomic E-state index is 9.30. The van der Waals surface area contributed by atoms with Crippen LogP contribution in [0, 0.1) is 5.92 Å². The van der Waals surface area contributed by atoms with Gasteiger partial charge in [-0.3, -0.25) is 0 Å². The Morgan fingerprint density at radius 2 is 1.77 bits per heavy atom. The second-order valence-electron chi connectivity index (χ2n) is 3.74. The normalized spacial score (nSPS) is 15.3. The Balaban J connectivity index is 2.35. The first-order valence-corrected chi connectivity index (χ1v) is 4.92. The Kier molecular flexibility index (Phi) is 3.97. The fourth-order valence-electron chi connectivity index (χ4n) is 1.28. The van der Waals surface area contributed by atoms with Gasteiger partial charge in [-0.1, -0.05) is 37.3 Å². The van der Waals surface area contributed by atoms with Gasteiger partial charge < -0.3 is 5.11 Å². The number of aliphatic hydroxyl groups excluding tert-OH is 1. The predicted molar refractivity (Wildman–Crippen MR) is 55.6 cm³/mol. The Bertz CT molecular complexity index is 228. The summed E-state index contributed by atoms with van der Waals surface area (Å²) in [4.78, 5) is 0. The van der Waals surface area contributed by atoms with E-state index in [0.29, 0.717) is 5.92 Å². The van der Waals surface area contributed by atoms with Crippen molar-refractivity contribution in [1.29, 1.82) is 0 Å². The maximum Gasteiger partial charge on any atom is 0.0537 e. The van der Waals surface area contributed by atoms with E-state index in [1.54, 1.807) is 0 Å². The molecule has 72 valence electrons. The van der Waals surface area contributed by atoms with Gasteiger partial charge in [0.25, 0.3) is 0 Å². The van der Waals surface area contributed by atoms with Gasteiger partial charge in [0, 0.05) is 0 Å². The minimum absolute atomic E-state index is 0.191. The van der Waals surface area contributed by atoms with Crippen LogP contribution in [0.3, 0.4) is 0 Å². The standard InChI is InChI=1S/C12H18O/c1-10(11(2)13)8-9-12-6-4-3-5-7-12/h3-7,10-11,13H,8-9H2,1-2H3/t10-,11-/m1/s1. The van der Waals surface area contributed by atoms with Crippen LogP contribution < -0.4 is 0 Å². The van der Waals surface area contributed by atoms with Crippen LogP contribution in [-0.2, 0) is 6.42 Å². The first kappa shape index (κ1) is 10.3. The third-order valence-corrected chi connectivity index (χ3v) is 2.55. The van der Waals surface area contributed by atoms with Gasteiger partial charge in [0.05, 0.1) is 6.10 Å². The molecule has 0 bridgehead atoms. The number of hydrogen-bond acceptors (Lipinski definition) is 1. The molecule has 0 saturated carbocycles. The van der Waals surface area contributed by atoms with Gasteiger partial charge in [0.15, 0.2) is 0 Å². The molecule has 0 radical (unpaired) electrons. The molecule has 0 aromatic heterocycles. The van der Waals surface area contributed by atoms with E-state index in [-0.39, 0.29) is 6.10 Å². The Hall–Kier alpha value is -0.820. The third kappa shape index (κ3) is 3.60. The quantitative estimate of drug-likeness (QED) is 0.751. The highest BCUT2D eigenvalue weighted by Gasteiger charge is 2.07. The summed E-state index contributed by atoms with van der Waals surface area (Å²) in [6.45, 7) is 3.95. The molecular formula is C12H18O. The highest BCUT2D eigenvalue weighted by atomic mass is 16.3. The van der Waals surface area contributed by atoms with E-state index >= 15 is 0 Å². The van der Waals surface area contributed by atoms with E-state index in [2.05, 4.69) is 31.2 Å². The molecule has 1 rings (SSSR count). The van der Waals surface area contributed by atoms with Crippen molar-refractivity contribution in [2.45, 2.75) is 32.8 Å². The molecule has 1 N–H and O–H groups in total. The lowest BCUT2D eigenvalue weighted by Gasteiger charge is -2.13. The van der Waals surface area contributed by atoms with Crippen LogP contribution in [0.25, 0.3) is 0 Å². The summed E-state index contributed by atoms with van der Waals surface area (Å²) in [5, 5.41) is 9.30.